The van der Waals surface area contributed by atoms with Gasteiger partial charge in [0, 0.05) is 43.6 Å². The van der Waals surface area contributed by atoms with Gasteiger partial charge in [0.25, 0.3) is 0 Å². The average Bonchev–Trinajstić information content (AvgIpc) is 3.11. The van der Waals surface area contributed by atoms with Crippen molar-refractivity contribution in [3.63, 3.8) is 0 Å². The van der Waals surface area contributed by atoms with Crippen LogP contribution in [-0.4, -0.2) is 43.4 Å². The SMILES string of the molecule is ONC1=NC=C(C(F)(F)F)/C1=C(/C=C\I)c1ccc(N2CCNCC2)cc1. The second-order valence-corrected chi connectivity index (χ2v) is 6.71. The Kier molecular flexibility index (Phi) is 6.22. The zero-order valence-corrected chi connectivity index (χ0v) is 16.4. The van der Waals surface area contributed by atoms with Crippen molar-refractivity contribution >= 4 is 39.7 Å². The molecule has 1 aromatic carbocycles. The Hall–Kier alpha value is -1.85. The fraction of sp³-hybridized carbons (Fsp3) is 0.278. The molecule has 2 heterocycles. The normalized spacial score (nSPS) is 20.0. The molecule has 3 rings (SSSR count). The molecule has 0 amide bonds. The first kappa shape index (κ1) is 19.9. The standard InChI is InChI=1S/C18H18F3IN4O/c19-18(20,21)15-11-24-17(25-27)16(15)14(5-6-22)12-1-3-13(4-2-12)26-9-7-23-8-10-26/h1-6,11,23,27H,7-10H2,(H,24,25)/b6-5-,16-14+. The first-order valence-corrected chi connectivity index (χ1v) is 9.53. The van der Waals surface area contributed by atoms with E-state index in [1.54, 1.807) is 27.8 Å². The molecule has 144 valence electrons. The smallest absolute Gasteiger partial charge is 0.369 e. The van der Waals surface area contributed by atoms with E-state index < -0.39 is 11.7 Å². The largest absolute Gasteiger partial charge is 0.418 e. The summed E-state index contributed by atoms with van der Waals surface area (Å²) in [7, 11) is 0. The number of hydroxylamine groups is 1. The van der Waals surface area contributed by atoms with Crippen molar-refractivity contribution in [2.75, 3.05) is 31.1 Å². The first-order valence-electron chi connectivity index (χ1n) is 8.29. The molecule has 0 saturated carbocycles. The van der Waals surface area contributed by atoms with Crippen molar-refractivity contribution in [2.45, 2.75) is 6.18 Å². The van der Waals surface area contributed by atoms with Crippen LogP contribution in [0.1, 0.15) is 5.56 Å². The van der Waals surface area contributed by atoms with Crippen LogP contribution < -0.4 is 15.7 Å². The third-order valence-corrected chi connectivity index (χ3v) is 4.76. The van der Waals surface area contributed by atoms with Crippen LogP contribution >= 0.6 is 22.6 Å². The minimum absolute atomic E-state index is 0.173. The molecule has 0 aliphatic carbocycles. The maximum absolute atomic E-state index is 13.4. The van der Waals surface area contributed by atoms with E-state index in [0.717, 1.165) is 38.1 Å². The fourth-order valence-corrected chi connectivity index (χ4v) is 3.48. The molecule has 0 aromatic heterocycles. The fourth-order valence-electron chi connectivity index (χ4n) is 3.12. The lowest BCUT2D eigenvalue weighted by Gasteiger charge is -2.29. The molecule has 5 nitrogen and oxygen atoms in total. The summed E-state index contributed by atoms with van der Waals surface area (Å²) in [5, 5.41) is 12.5. The van der Waals surface area contributed by atoms with Gasteiger partial charge in [0.1, 0.15) is 0 Å². The lowest BCUT2D eigenvalue weighted by atomic mass is 9.94. The number of nitrogens with one attached hydrogen (secondary N) is 2. The highest BCUT2D eigenvalue weighted by molar-refractivity contribution is 14.1. The molecule has 0 atom stereocenters. The summed E-state index contributed by atoms with van der Waals surface area (Å²) in [6, 6.07) is 7.38. The third kappa shape index (κ3) is 4.36. The van der Waals surface area contributed by atoms with Gasteiger partial charge in [-0.1, -0.05) is 34.7 Å². The summed E-state index contributed by atoms with van der Waals surface area (Å²) >= 11 is 1.95. The molecule has 1 saturated heterocycles. The quantitative estimate of drug-likeness (QED) is 0.448. The average molecular weight is 490 g/mol. The van der Waals surface area contributed by atoms with Gasteiger partial charge in [-0.05, 0) is 33.4 Å². The van der Waals surface area contributed by atoms with Crippen LogP contribution in [0.2, 0.25) is 0 Å². The molecule has 9 heteroatoms. The lowest BCUT2D eigenvalue weighted by molar-refractivity contribution is -0.0886. The Morgan fingerprint density at radius 2 is 1.89 bits per heavy atom. The predicted octanol–water partition coefficient (Wildman–Crippen LogP) is 3.64. The van der Waals surface area contributed by atoms with E-state index in [-0.39, 0.29) is 11.4 Å². The van der Waals surface area contributed by atoms with E-state index in [9.17, 15) is 18.4 Å². The molecule has 27 heavy (non-hydrogen) atoms. The van der Waals surface area contributed by atoms with Gasteiger partial charge in [0.15, 0.2) is 5.84 Å². The Labute approximate surface area is 168 Å². The zero-order valence-electron chi connectivity index (χ0n) is 14.2. The number of benzene rings is 1. The van der Waals surface area contributed by atoms with Crippen molar-refractivity contribution < 1.29 is 18.4 Å². The van der Waals surface area contributed by atoms with Crippen molar-refractivity contribution in [3.8, 4) is 0 Å². The number of aliphatic imine (C=N–C) groups is 1. The molecule has 0 bridgehead atoms. The van der Waals surface area contributed by atoms with Crippen LogP contribution in [0.4, 0.5) is 18.9 Å². The third-order valence-electron chi connectivity index (χ3n) is 4.40. The highest BCUT2D eigenvalue weighted by Crippen LogP contribution is 2.39. The van der Waals surface area contributed by atoms with Crippen molar-refractivity contribution in [1.82, 2.24) is 10.8 Å². The maximum Gasteiger partial charge on any atom is 0.418 e. The van der Waals surface area contributed by atoms with Gasteiger partial charge >= 0.3 is 6.18 Å². The molecular formula is C18H18F3IN4O. The number of anilines is 1. The minimum Gasteiger partial charge on any atom is -0.369 e. The Bertz CT molecular complexity index is 807. The maximum atomic E-state index is 13.4. The second kappa shape index (κ2) is 8.44. The summed E-state index contributed by atoms with van der Waals surface area (Å²) < 4.78 is 41.9. The Morgan fingerprint density at radius 3 is 2.44 bits per heavy atom. The van der Waals surface area contributed by atoms with Crippen LogP contribution in [-0.2, 0) is 0 Å². The number of rotatable bonds is 3. The number of piperazine rings is 1. The molecule has 0 unspecified atom stereocenters. The Morgan fingerprint density at radius 1 is 1.22 bits per heavy atom. The van der Waals surface area contributed by atoms with Crippen LogP contribution in [0.15, 0.2) is 56.8 Å². The monoisotopic (exact) mass is 490 g/mol. The van der Waals surface area contributed by atoms with Gasteiger partial charge in [-0.2, -0.15) is 13.2 Å². The van der Waals surface area contributed by atoms with E-state index in [1.165, 1.54) is 0 Å². The van der Waals surface area contributed by atoms with Gasteiger partial charge in [0.2, 0.25) is 0 Å². The second-order valence-electron chi connectivity index (χ2n) is 6.00. The van der Waals surface area contributed by atoms with Crippen molar-refractivity contribution in [1.29, 1.82) is 0 Å². The van der Waals surface area contributed by atoms with E-state index in [2.05, 4.69) is 15.2 Å². The molecule has 2 aliphatic rings. The van der Waals surface area contributed by atoms with Gasteiger partial charge in [-0.25, -0.2) is 4.99 Å². The van der Waals surface area contributed by atoms with Gasteiger partial charge < -0.3 is 10.2 Å². The van der Waals surface area contributed by atoms with Crippen LogP contribution in [0.5, 0.6) is 0 Å². The molecular weight excluding hydrogens is 472 g/mol. The van der Waals surface area contributed by atoms with Crippen molar-refractivity contribution in [2.24, 2.45) is 4.99 Å². The highest BCUT2D eigenvalue weighted by Gasteiger charge is 2.41. The van der Waals surface area contributed by atoms with Crippen LogP contribution in [0.25, 0.3) is 5.57 Å². The summed E-state index contributed by atoms with van der Waals surface area (Å²) in [5.41, 5.74) is 2.67. The first-order chi connectivity index (χ1) is 13.0. The molecule has 1 aromatic rings. The Balaban J connectivity index is 2.02. The zero-order chi connectivity index (χ0) is 19.4. The topological polar surface area (TPSA) is 59.9 Å². The van der Waals surface area contributed by atoms with E-state index in [1.807, 2.05) is 34.7 Å². The minimum atomic E-state index is -4.58. The lowest BCUT2D eigenvalue weighted by Crippen LogP contribution is -2.43. The van der Waals surface area contributed by atoms with Crippen LogP contribution in [0.3, 0.4) is 0 Å². The molecule has 0 radical (unpaired) electrons. The number of alkyl halides is 3. The predicted molar refractivity (Wildman–Crippen MR) is 108 cm³/mol. The van der Waals surface area contributed by atoms with Crippen LogP contribution in [0, 0.1) is 0 Å². The number of nitrogens with zero attached hydrogens (tertiary/aromatic N) is 2. The molecule has 2 aliphatic heterocycles. The van der Waals surface area contributed by atoms with E-state index in [0.29, 0.717) is 11.1 Å². The number of hydrogen-bond acceptors (Lipinski definition) is 5. The number of halogens is 4. The summed E-state index contributed by atoms with van der Waals surface area (Å²) in [6.07, 6.45) is -2.28. The molecule has 1 fully saturated rings. The summed E-state index contributed by atoms with van der Waals surface area (Å²) in [6.45, 7) is 3.56. The van der Waals surface area contributed by atoms with Crippen molar-refractivity contribution in [3.05, 3.63) is 57.3 Å². The molecule has 0 spiro atoms. The number of hydrogen-bond donors (Lipinski definition) is 3. The molecule has 3 N–H and O–H groups in total. The van der Waals surface area contributed by atoms with Gasteiger partial charge in [-0.3, -0.25) is 10.7 Å². The number of amidine groups is 1. The highest BCUT2D eigenvalue weighted by atomic mass is 127. The van der Waals surface area contributed by atoms with Gasteiger partial charge in [-0.15, -0.1) is 0 Å². The summed E-state index contributed by atoms with van der Waals surface area (Å²) in [5.74, 6) is -0.224. The summed E-state index contributed by atoms with van der Waals surface area (Å²) in [4.78, 5) is 5.89. The van der Waals surface area contributed by atoms with Gasteiger partial charge in [0.05, 0.1) is 5.57 Å². The van der Waals surface area contributed by atoms with E-state index in [4.69, 9.17) is 0 Å². The number of allylic oxidation sites excluding steroid dienone is 2. The van der Waals surface area contributed by atoms with E-state index >= 15 is 0 Å².